The molecule has 0 aliphatic carbocycles. The summed E-state index contributed by atoms with van der Waals surface area (Å²) < 4.78 is 10.2. The number of thiazole rings is 1. The van der Waals surface area contributed by atoms with Crippen LogP contribution in [0.15, 0.2) is 33.5 Å². The Balaban J connectivity index is 1.34. The highest BCUT2D eigenvalue weighted by atomic mass is 32.1. The number of carbonyl (C=O) groups is 2. The number of likely N-dealkylation sites (tertiary alicyclic amines) is 1. The fourth-order valence-corrected chi connectivity index (χ4v) is 5.24. The van der Waals surface area contributed by atoms with Crippen molar-refractivity contribution in [3.05, 3.63) is 50.1 Å². The lowest BCUT2D eigenvalue weighted by atomic mass is 9.97. The van der Waals surface area contributed by atoms with Gasteiger partial charge >= 0.3 is 5.97 Å². The summed E-state index contributed by atoms with van der Waals surface area (Å²) in [5.41, 5.74) is 1.99. The topological polar surface area (TPSA) is 85.5 Å². The lowest BCUT2D eigenvalue weighted by Crippen LogP contribution is -2.36. The standard InChI is InChI=1S/C22H23N3O4S2/c1-3-28-22(27)16-12-18(29-24-16)17-13-31-21(23-17)15-6-9-25(10-7-15)20(26)5-4-19-14(2)8-11-30-19/h4-5,8,11-13,15H,3,6-7,9-10H2,1-2H3/b5-4+. The maximum atomic E-state index is 12.5. The van der Waals surface area contributed by atoms with Crippen molar-refractivity contribution in [2.45, 2.75) is 32.6 Å². The van der Waals surface area contributed by atoms with Crippen LogP contribution < -0.4 is 0 Å². The van der Waals surface area contributed by atoms with Crippen molar-refractivity contribution < 1.29 is 18.8 Å². The summed E-state index contributed by atoms with van der Waals surface area (Å²) in [5.74, 6) is 0.304. The number of carbonyl (C=O) groups excluding carboxylic acids is 2. The SMILES string of the molecule is CCOC(=O)c1cc(-c2csc(C3CCN(C(=O)/C=C/c4sccc4C)CC3)n2)on1. The Morgan fingerprint density at radius 2 is 2.13 bits per heavy atom. The second-order valence-electron chi connectivity index (χ2n) is 7.27. The number of hydrogen-bond acceptors (Lipinski definition) is 8. The zero-order valence-corrected chi connectivity index (χ0v) is 19.0. The van der Waals surface area contributed by atoms with Crippen molar-refractivity contribution in [3.8, 4) is 11.5 Å². The lowest BCUT2D eigenvalue weighted by molar-refractivity contribution is -0.126. The van der Waals surface area contributed by atoms with Crippen molar-refractivity contribution >= 4 is 40.6 Å². The van der Waals surface area contributed by atoms with Gasteiger partial charge < -0.3 is 14.2 Å². The average molecular weight is 458 g/mol. The van der Waals surface area contributed by atoms with E-state index in [-0.39, 0.29) is 18.2 Å². The molecular weight excluding hydrogens is 434 g/mol. The van der Waals surface area contributed by atoms with Gasteiger partial charge in [-0.1, -0.05) is 5.16 Å². The minimum absolute atomic E-state index is 0.0548. The molecule has 0 atom stereocenters. The zero-order chi connectivity index (χ0) is 21.8. The number of nitrogens with zero attached hydrogens (tertiary/aromatic N) is 3. The molecule has 0 radical (unpaired) electrons. The Morgan fingerprint density at radius 3 is 2.84 bits per heavy atom. The summed E-state index contributed by atoms with van der Waals surface area (Å²) in [7, 11) is 0. The number of thiophene rings is 1. The van der Waals surface area contributed by atoms with E-state index >= 15 is 0 Å². The molecule has 0 unspecified atom stereocenters. The predicted octanol–water partition coefficient (Wildman–Crippen LogP) is 4.76. The summed E-state index contributed by atoms with van der Waals surface area (Å²) in [4.78, 5) is 32.0. The van der Waals surface area contributed by atoms with Crippen molar-refractivity contribution in [3.63, 3.8) is 0 Å². The van der Waals surface area contributed by atoms with Crippen molar-refractivity contribution in [1.29, 1.82) is 0 Å². The van der Waals surface area contributed by atoms with Crippen molar-refractivity contribution in [2.75, 3.05) is 19.7 Å². The number of esters is 1. The Kier molecular flexibility index (Phi) is 6.62. The van der Waals surface area contributed by atoms with E-state index in [1.54, 1.807) is 41.7 Å². The van der Waals surface area contributed by atoms with E-state index in [4.69, 9.17) is 9.26 Å². The Morgan fingerprint density at radius 1 is 1.32 bits per heavy atom. The van der Waals surface area contributed by atoms with Crippen LogP contribution >= 0.6 is 22.7 Å². The second kappa shape index (κ2) is 9.57. The van der Waals surface area contributed by atoms with E-state index in [1.807, 2.05) is 28.7 Å². The molecule has 1 aliphatic rings. The van der Waals surface area contributed by atoms with Gasteiger partial charge in [0.15, 0.2) is 11.5 Å². The van der Waals surface area contributed by atoms with Gasteiger partial charge in [-0.25, -0.2) is 9.78 Å². The van der Waals surface area contributed by atoms with Crippen LogP contribution in [-0.2, 0) is 9.53 Å². The molecular formula is C22H23N3O4S2. The lowest BCUT2D eigenvalue weighted by Gasteiger charge is -2.30. The zero-order valence-electron chi connectivity index (χ0n) is 17.4. The molecule has 9 heteroatoms. The summed E-state index contributed by atoms with van der Waals surface area (Å²) in [6, 6.07) is 3.61. The van der Waals surface area contributed by atoms with Gasteiger partial charge in [0.2, 0.25) is 5.91 Å². The molecule has 1 amide bonds. The minimum Gasteiger partial charge on any atom is -0.461 e. The van der Waals surface area contributed by atoms with E-state index in [1.165, 1.54) is 5.56 Å². The van der Waals surface area contributed by atoms with Crippen LogP contribution in [-0.4, -0.2) is 46.6 Å². The normalized spacial score (nSPS) is 15.0. The fraction of sp³-hybridized carbons (Fsp3) is 0.364. The molecule has 1 fully saturated rings. The van der Waals surface area contributed by atoms with Crippen LogP contribution in [0.2, 0.25) is 0 Å². The van der Waals surface area contributed by atoms with Gasteiger partial charge in [0, 0.05) is 41.4 Å². The maximum Gasteiger partial charge on any atom is 0.360 e. The highest BCUT2D eigenvalue weighted by Crippen LogP contribution is 2.33. The van der Waals surface area contributed by atoms with Crippen molar-refractivity contribution in [1.82, 2.24) is 15.0 Å². The smallest absolute Gasteiger partial charge is 0.360 e. The largest absolute Gasteiger partial charge is 0.461 e. The minimum atomic E-state index is -0.506. The quantitative estimate of drug-likeness (QED) is 0.392. The summed E-state index contributed by atoms with van der Waals surface area (Å²) in [6.45, 7) is 5.49. The molecule has 4 rings (SSSR count). The van der Waals surface area contributed by atoms with Gasteiger partial charge in [-0.3, -0.25) is 4.79 Å². The Bertz CT molecular complexity index is 1090. The number of hydrogen-bond donors (Lipinski definition) is 0. The Labute approximate surface area is 188 Å². The first-order valence-electron chi connectivity index (χ1n) is 10.2. The number of ether oxygens (including phenoxy) is 1. The molecule has 3 aromatic rings. The van der Waals surface area contributed by atoms with E-state index in [0.717, 1.165) is 22.7 Å². The average Bonchev–Trinajstić information content (AvgIpc) is 3.53. The van der Waals surface area contributed by atoms with Gasteiger partial charge in [-0.2, -0.15) is 0 Å². The summed E-state index contributed by atoms with van der Waals surface area (Å²) in [5, 5.41) is 8.73. The molecule has 1 saturated heterocycles. The summed E-state index contributed by atoms with van der Waals surface area (Å²) >= 11 is 3.21. The number of piperidine rings is 1. The third-order valence-corrected chi connectivity index (χ3v) is 7.20. The number of amides is 1. The molecule has 1 aliphatic heterocycles. The first-order valence-corrected chi connectivity index (χ1v) is 11.9. The van der Waals surface area contributed by atoms with Gasteiger partial charge in [0.25, 0.3) is 0 Å². The molecule has 3 aromatic heterocycles. The highest BCUT2D eigenvalue weighted by molar-refractivity contribution is 7.11. The molecule has 7 nitrogen and oxygen atoms in total. The van der Waals surface area contributed by atoms with Gasteiger partial charge in [-0.15, -0.1) is 22.7 Å². The van der Waals surface area contributed by atoms with E-state index in [0.29, 0.717) is 30.5 Å². The molecule has 162 valence electrons. The highest BCUT2D eigenvalue weighted by Gasteiger charge is 2.26. The number of rotatable bonds is 6. The third kappa shape index (κ3) is 4.94. The van der Waals surface area contributed by atoms with Crippen LogP contribution in [0.1, 0.15) is 51.6 Å². The van der Waals surface area contributed by atoms with Gasteiger partial charge in [0.05, 0.1) is 11.6 Å². The molecule has 0 spiro atoms. The molecule has 0 N–H and O–H groups in total. The van der Waals surface area contributed by atoms with E-state index < -0.39 is 5.97 Å². The fourth-order valence-electron chi connectivity index (χ4n) is 3.44. The van der Waals surface area contributed by atoms with Gasteiger partial charge in [-0.05, 0) is 49.8 Å². The maximum absolute atomic E-state index is 12.5. The number of aromatic nitrogens is 2. The van der Waals surface area contributed by atoms with Crippen LogP contribution in [0.4, 0.5) is 0 Å². The molecule has 4 heterocycles. The summed E-state index contributed by atoms with van der Waals surface area (Å²) in [6.07, 6.45) is 5.32. The number of aryl methyl sites for hydroxylation is 1. The van der Waals surface area contributed by atoms with Gasteiger partial charge in [0.1, 0.15) is 5.69 Å². The van der Waals surface area contributed by atoms with Crippen molar-refractivity contribution in [2.24, 2.45) is 0 Å². The van der Waals surface area contributed by atoms with E-state index in [2.05, 4.69) is 16.2 Å². The molecule has 0 saturated carbocycles. The first kappa shape index (κ1) is 21.5. The Hall–Kier alpha value is -2.78. The second-order valence-corrected chi connectivity index (χ2v) is 9.11. The monoisotopic (exact) mass is 457 g/mol. The molecule has 0 aromatic carbocycles. The van der Waals surface area contributed by atoms with Crippen LogP contribution in [0.25, 0.3) is 17.5 Å². The predicted molar refractivity (Wildman–Crippen MR) is 120 cm³/mol. The first-order chi connectivity index (χ1) is 15.0. The van der Waals surface area contributed by atoms with Crippen LogP contribution in [0, 0.1) is 6.92 Å². The van der Waals surface area contributed by atoms with E-state index in [9.17, 15) is 9.59 Å². The molecule has 0 bridgehead atoms. The van der Waals surface area contributed by atoms with Crippen LogP contribution in [0.3, 0.4) is 0 Å². The molecule has 31 heavy (non-hydrogen) atoms. The van der Waals surface area contributed by atoms with Crippen LogP contribution in [0.5, 0.6) is 0 Å². The third-order valence-electron chi connectivity index (χ3n) is 5.20.